The predicted molar refractivity (Wildman–Crippen MR) is 71.7 cm³/mol. The van der Waals surface area contributed by atoms with Gasteiger partial charge in [-0.05, 0) is 13.8 Å². The highest BCUT2D eigenvalue weighted by Crippen LogP contribution is 2.63. The van der Waals surface area contributed by atoms with E-state index in [-0.39, 0.29) is 19.8 Å². The van der Waals surface area contributed by atoms with Crippen molar-refractivity contribution in [2.75, 3.05) is 19.8 Å². The Balaban J connectivity index is 2.79. The van der Waals surface area contributed by atoms with Crippen LogP contribution in [0.15, 0.2) is 0 Å². The van der Waals surface area contributed by atoms with Crippen LogP contribution < -0.4 is 0 Å². The molecule has 7 nitrogen and oxygen atoms in total. The molecule has 1 N–H and O–H groups in total. The van der Waals surface area contributed by atoms with Crippen LogP contribution in [-0.4, -0.2) is 54.9 Å². The van der Waals surface area contributed by atoms with E-state index < -0.39 is 44.0 Å². The molecule has 0 bridgehead atoms. The second-order valence-electron chi connectivity index (χ2n) is 4.71. The van der Waals surface area contributed by atoms with Crippen LogP contribution in [0.1, 0.15) is 27.2 Å². The molecule has 1 fully saturated rings. The van der Waals surface area contributed by atoms with Crippen LogP contribution in [0.4, 0.5) is 8.78 Å². The molecule has 0 aromatic rings. The third kappa shape index (κ3) is 4.45. The van der Waals surface area contributed by atoms with E-state index in [2.05, 4.69) is 9.05 Å². The topological polar surface area (TPSA) is 91.3 Å². The molecular weight excluding hydrogens is 325 g/mol. The monoisotopic (exact) mass is 346 g/mol. The average molecular weight is 346 g/mol. The van der Waals surface area contributed by atoms with Gasteiger partial charge >= 0.3 is 19.2 Å². The first-order valence-corrected chi connectivity index (χ1v) is 8.45. The standard InChI is InChI=1S/C12H21F2O7P/c1-4-19-22(17,20-5-2)12(13,14)6-9-11(16)10(7-18-9)21-8(3)15/h9-11,16H,4-7H2,1-3H3/t9-,10+,11-/m1/s1. The molecule has 0 aromatic carbocycles. The minimum absolute atomic E-state index is 0.211. The Labute approximate surface area is 127 Å². The molecule has 0 radical (unpaired) electrons. The maximum atomic E-state index is 14.2. The van der Waals surface area contributed by atoms with Gasteiger partial charge in [0.15, 0.2) is 6.10 Å². The Morgan fingerprint density at radius 1 is 1.36 bits per heavy atom. The first kappa shape index (κ1) is 19.4. The van der Waals surface area contributed by atoms with Crippen molar-refractivity contribution in [3.8, 4) is 0 Å². The molecule has 0 aliphatic carbocycles. The lowest BCUT2D eigenvalue weighted by atomic mass is 10.1. The molecule has 10 heteroatoms. The van der Waals surface area contributed by atoms with Crippen LogP contribution in [0.5, 0.6) is 0 Å². The van der Waals surface area contributed by atoms with E-state index in [1.54, 1.807) is 0 Å². The Bertz CT molecular complexity index is 422. The molecule has 1 heterocycles. The minimum atomic E-state index is -4.68. The lowest BCUT2D eigenvalue weighted by Gasteiger charge is -2.28. The number of hydrogen-bond donors (Lipinski definition) is 1. The minimum Gasteiger partial charge on any atom is -0.457 e. The fourth-order valence-corrected chi connectivity index (χ4v) is 3.61. The number of alkyl halides is 2. The van der Waals surface area contributed by atoms with Gasteiger partial charge in [-0.15, -0.1) is 0 Å². The van der Waals surface area contributed by atoms with Crippen molar-refractivity contribution in [1.82, 2.24) is 0 Å². The molecule has 130 valence electrons. The number of carbonyl (C=O) groups is 1. The zero-order chi connectivity index (χ0) is 17.0. The maximum Gasteiger partial charge on any atom is 0.399 e. The molecule has 0 spiro atoms. The number of ether oxygens (including phenoxy) is 2. The van der Waals surface area contributed by atoms with Crippen molar-refractivity contribution in [3.63, 3.8) is 0 Å². The number of aliphatic hydroxyl groups excluding tert-OH is 1. The molecule has 0 amide bonds. The van der Waals surface area contributed by atoms with Gasteiger partial charge in [0.05, 0.1) is 32.3 Å². The summed E-state index contributed by atoms with van der Waals surface area (Å²) in [5, 5.41) is 9.88. The van der Waals surface area contributed by atoms with Gasteiger partial charge in [-0.3, -0.25) is 9.36 Å². The summed E-state index contributed by atoms with van der Waals surface area (Å²) in [5.74, 6) is -0.658. The molecule has 1 saturated heterocycles. The molecule has 0 aromatic heterocycles. The third-order valence-corrected chi connectivity index (χ3v) is 5.18. The zero-order valence-corrected chi connectivity index (χ0v) is 13.6. The van der Waals surface area contributed by atoms with Gasteiger partial charge < -0.3 is 23.6 Å². The average Bonchev–Trinajstić information content (AvgIpc) is 2.71. The van der Waals surface area contributed by atoms with E-state index in [1.165, 1.54) is 13.8 Å². The van der Waals surface area contributed by atoms with Crippen LogP contribution in [0.2, 0.25) is 0 Å². The number of halogens is 2. The predicted octanol–water partition coefficient (Wildman–Crippen LogP) is 1.93. The van der Waals surface area contributed by atoms with Crippen LogP contribution in [0.25, 0.3) is 0 Å². The third-order valence-electron chi connectivity index (χ3n) is 3.00. The molecule has 1 aliphatic rings. The SMILES string of the molecule is CCOP(=O)(OCC)C(F)(F)C[C@H]1OC[C@H](OC(C)=O)[C@@H]1O. The van der Waals surface area contributed by atoms with Crippen molar-refractivity contribution in [3.05, 3.63) is 0 Å². The van der Waals surface area contributed by atoms with Gasteiger partial charge in [-0.25, -0.2) is 0 Å². The number of carbonyl (C=O) groups excluding carboxylic acids is 1. The van der Waals surface area contributed by atoms with E-state index >= 15 is 0 Å². The summed E-state index contributed by atoms with van der Waals surface area (Å²) in [6, 6.07) is 0. The summed E-state index contributed by atoms with van der Waals surface area (Å²) < 4.78 is 59.7. The highest BCUT2D eigenvalue weighted by molar-refractivity contribution is 7.55. The van der Waals surface area contributed by atoms with Crippen LogP contribution in [0, 0.1) is 0 Å². The zero-order valence-electron chi connectivity index (χ0n) is 12.7. The van der Waals surface area contributed by atoms with Gasteiger partial charge in [0.1, 0.15) is 6.10 Å². The van der Waals surface area contributed by atoms with Crippen molar-refractivity contribution in [2.45, 2.75) is 51.2 Å². The first-order chi connectivity index (χ1) is 10.2. The highest BCUT2D eigenvalue weighted by Gasteiger charge is 2.56. The Morgan fingerprint density at radius 3 is 2.36 bits per heavy atom. The van der Waals surface area contributed by atoms with E-state index in [0.717, 1.165) is 6.92 Å². The second kappa shape index (κ2) is 7.79. The van der Waals surface area contributed by atoms with Crippen LogP contribution in [-0.2, 0) is 27.9 Å². The smallest absolute Gasteiger partial charge is 0.399 e. The fraction of sp³-hybridized carbons (Fsp3) is 0.917. The molecule has 1 rings (SSSR count). The van der Waals surface area contributed by atoms with Gasteiger partial charge in [-0.1, -0.05) is 0 Å². The summed E-state index contributed by atoms with van der Waals surface area (Å²) >= 11 is 0. The fourth-order valence-electron chi connectivity index (χ4n) is 2.07. The van der Waals surface area contributed by atoms with Gasteiger partial charge in [0.2, 0.25) is 0 Å². The van der Waals surface area contributed by atoms with Gasteiger partial charge in [0, 0.05) is 6.92 Å². The molecule has 22 heavy (non-hydrogen) atoms. The van der Waals surface area contributed by atoms with E-state index in [4.69, 9.17) is 9.47 Å². The largest absolute Gasteiger partial charge is 0.457 e. The Kier molecular flexibility index (Phi) is 6.88. The van der Waals surface area contributed by atoms with Crippen molar-refractivity contribution in [1.29, 1.82) is 0 Å². The summed E-state index contributed by atoms with van der Waals surface area (Å²) in [4.78, 5) is 10.8. The van der Waals surface area contributed by atoms with Crippen molar-refractivity contribution < 1.29 is 41.8 Å². The van der Waals surface area contributed by atoms with Crippen LogP contribution in [0.3, 0.4) is 0 Å². The summed E-state index contributed by atoms with van der Waals surface area (Å²) in [7, 11) is -4.68. The molecule has 1 aliphatic heterocycles. The van der Waals surface area contributed by atoms with Gasteiger partial charge in [-0.2, -0.15) is 8.78 Å². The number of rotatable bonds is 8. The van der Waals surface area contributed by atoms with E-state index in [1.807, 2.05) is 0 Å². The maximum absolute atomic E-state index is 14.2. The summed E-state index contributed by atoms with van der Waals surface area (Å²) in [6.45, 7) is 3.33. The lowest BCUT2D eigenvalue weighted by molar-refractivity contribution is -0.150. The van der Waals surface area contributed by atoms with E-state index in [9.17, 15) is 23.2 Å². The quantitative estimate of drug-likeness (QED) is 0.530. The summed E-state index contributed by atoms with van der Waals surface area (Å²) in [5.41, 5.74) is -3.84. The van der Waals surface area contributed by atoms with Crippen molar-refractivity contribution in [2.24, 2.45) is 0 Å². The van der Waals surface area contributed by atoms with Crippen LogP contribution >= 0.6 is 7.60 Å². The van der Waals surface area contributed by atoms with Gasteiger partial charge in [0.25, 0.3) is 0 Å². The number of hydrogen-bond acceptors (Lipinski definition) is 7. The van der Waals surface area contributed by atoms with E-state index in [0.29, 0.717) is 0 Å². The Hall–Kier alpha value is -0.600. The molecule has 0 saturated carbocycles. The Morgan fingerprint density at radius 2 is 1.91 bits per heavy atom. The first-order valence-electron chi connectivity index (χ1n) is 6.90. The summed E-state index contributed by atoms with van der Waals surface area (Å²) in [6.07, 6.45) is -4.87. The molecule has 3 atom stereocenters. The normalized spacial score (nSPS) is 26.2. The number of aliphatic hydroxyl groups is 1. The molecule has 0 unspecified atom stereocenters. The lowest BCUT2D eigenvalue weighted by Crippen LogP contribution is -2.37. The number of esters is 1. The second-order valence-corrected chi connectivity index (χ2v) is 6.88. The van der Waals surface area contributed by atoms with Crippen molar-refractivity contribution >= 4 is 13.6 Å². The molecular formula is C12H21F2O7P. The highest BCUT2D eigenvalue weighted by atomic mass is 31.2.